The number of aryl methyl sites for hydroxylation is 6. The second kappa shape index (κ2) is 12.7. The Morgan fingerprint density at radius 3 is 1.34 bits per heavy atom. The van der Waals surface area contributed by atoms with E-state index in [0.717, 1.165) is 50.1 Å². The molecule has 0 aliphatic rings. The monoisotopic (exact) mass is 686 g/mol. The molecule has 8 aromatic carbocycles. The molecule has 0 aliphatic carbocycles. The van der Waals surface area contributed by atoms with Crippen molar-refractivity contribution < 1.29 is 4.42 Å². The van der Waals surface area contributed by atoms with Gasteiger partial charge < -0.3 is 14.2 Å². The SMILES string of the molecule is Cc1cc(C)c(N(c2ccccc2)c2ccc3c(c2)oc2c4ccc(N(c5ccccc5)c5c(C)cc(C)cc5C)cc4c4ccccc4c32)c(C)c1. The van der Waals surface area contributed by atoms with Crippen LogP contribution in [-0.2, 0) is 0 Å². The number of rotatable bonds is 6. The van der Waals surface area contributed by atoms with Crippen LogP contribution in [0.2, 0.25) is 0 Å². The highest BCUT2D eigenvalue weighted by Gasteiger charge is 2.23. The molecule has 53 heavy (non-hydrogen) atoms. The normalized spacial score (nSPS) is 11.6. The number of nitrogens with zero attached hydrogens (tertiary/aromatic N) is 2. The molecule has 0 aliphatic heterocycles. The maximum Gasteiger partial charge on any atom is 0.143 e. The van der Waals surface area contributed by atoms with Crippen LogP contribution < -0.4 is 9.80 Å². The molecule has 1 aromatic heterocycles. The van der Waals surface area contributed by atoms with E-state index in [-0.39, 0.29) is 0 Å². The number of hydrogen-bond acceptors (Lipinski definition) is 3. The highest BCUT2D eigenvalue weighted by Crippen LogP contribution is 2.47. The number of para-hydroxylation sites is 2. The first-order valence-electron chi connectivity index (χ1n) is 18.4. The Morgan fingerprint density at radius 2 is 0.811 bits per heavy atom. The molecule has 0 saturated carbocycles. The Kier molecular flexibility index (Phi) is 7.82. The van der Waals surface area contributed by atoms with Gasteiger partial charge in [0.2, 0.25) is 0 Å². The molecule has 0 N–H and O–H groups in total. The molecule has 0 amide bonds. The Labute approximate surface area is 311 Å². The summed E-state index contributed by atoms with van der Waals surface area (Å²) in [6, 6.07) is 52.8. The molecular formula is C50H42N2O. The van der Waals surface area contributed by atoms with Crippen molar-refractivity contribution in [2.75, 3.05) is 9.80 Å². The van der Waals surface area contributed by atoms with Gasteiger partial charge in [0.15, 0.2) is 0 Å². The van der Waals surface area contributed by atoms with Gasteiger partial charge in [-0.2, -0.15) is 0 Å². The van der Waals surface area contributed by atoms with Gasteiger partial charge in [0.1, 0.15) is 11.2 Å². The maximum absolute atomic E-state index is 7.00. The minimum atomic E-state index is 0.874. The van der Waals surface area contributed by atoms with Crippen LogP contribution in [0.1, 0.15) is 33.4 Å². The highest BCUT2D eigenvalue weighted by molar-refractivity contribution is 6.30. The molecule has 0 fully saturated rings. The van der Waals surface area contributed by atoms with Gasteiger partial charge in [0.05, 0.1) is 11.4 Å². The van der Waals surface area contributed by atoms with Gasteiger partial charge in [0.25, 0.3) is 0 Å². The van der Waals surface area contributed by atoms with E-state index in [1.165, 1.54) is 60.9 Å². The zero-order valence-electron chi connectivity index (χ0n) is 31.2. The van der Waals surface area contributed by atoms with E-state index in [4.69, 9.17) is 4.42 Å². The Bertz CT molecular complexity index is 2800. The van der Waals surface area contributed by atoms with Crippen LogP contribution in [0.5, 0.6) is 0 Å². The van der Waals surface area contributed by atoms with Crippen LogP contribution >= 0.6 is 0 Å². The third-order valence-corrected chi connectivity index (χ3v) is 10.7. The lowest BCUT2D eigenvalue weighted by molar-refractivity contribution is 0.673. The van der Waals surface area contributed by atoms with Crippen LogP contribution in [-0.4, -0.2) is 0 Å². The van der Waals surface area contributed by atoms with Crippen LogP contribution in [0.15, 0.2) is 150 Å². The van der Waals surface area contributed by atoms with Crippen LogP contribution in [0.3, 0.4) is 0 Å². The van der Waals surface area contributed by atoms with Crippen molar-refractivity contribution in [2.24, 2.45) is 0 Å². The van der Waals surface area contributed by atoms with E-state index in [1.807, 2.05) is 0 Å². The molecular weight excluding hydrogens is 645 g/mol. The van der Waals surface area contributed by atoms with E-state index < -0.39 is 0 Å². The van der Waals surface area contributed by atoms with Crippen LogP contribution in [0.25, 0.3) is 43.5 Å². The third kappa shape index (κ3) is 5.43. The molecule has 9 rings (SSSR count). The first-order chi connectivity index (χ1) is 25.8. The highest BCUT2D eigenvalue weighted by atomic mass is 16.3. The molecule has 0 bridgehead atoms. The van der Waals surface area contributed by atoms with Crippen LogP contribution in [0.4, 0.5) is 34.1 Å². The molecule has 0 saturated heterocycles. The largest absolute Gasteiger partial charge is 0.455 e. The summed E-state index contributed by atoms with van der Waals surface area (Å²) in [6.07, 6.45) is 0. The minimum Gasteiger partial charge on any atom is -0.455 e. The number of benzene rings is 8. The van der Waals surface area contributed by atoms with Gasteiger partial charge in [-0.15, -0.1) is 0 Å². The lowest BCUT2D eigenvalue weighted by Gasteiger charge is -2.29. The summed E-state index contributed by atoms with van der Waals surface area (Å²) in [5.74, 6) is 0. The molecule has 0 spiro atoms. The van der Waals surface area contributed by atoms with E-state index >= 15 is 0 Å². The van der Waals surface area contributed by atoms with Crippen molar-refractivity contribution in [3.05, 3.63) is 179 Å². The second-order valence-corrected chi connectivity index (χ2v) is 14.6. The molecule has 3 nitrogen and oxygen atoms in total. The summed E-state index contributed by atoms with van der Waals surface area (Å²) in [7, 11) is 0. The fourth-order valence-electron chi connectivity index (χ4n) is 8.73. The van der Waals surface area contributed by atoms with Crippen molar-refractivity contribution in [2.45, 2.75) is 41.5 Å². The molecule has 258 valence electrons. The molecule has 0 unspecified atom stereocenters. The zero-order chi connectivity index (χ0) is 36.4. The maximum atomic E-state index is 7.00. The van der Waals surface area contributed by atoms with E-state index in [2.05, 4.69) is 197 Å². The van der Waals surface area contributed by atoms with Gasteiger partial charge in [0, 0.05) is 45.0 Å². The Balaban J connectivity index is 1.28. The number of fused-ring (bicyclic) bond motifs is 8. The third-order valence-electron chi connectivity index (χ3n) is 10.7. The summed E-state index contributed by atoms with van der Waals surface area (Å²) < 4.78 is 7.00. The zero-order valence-corrected chi connectivity index (χ0v) is 31.2. The predicted molar refractivity (Wildman–Crippen MR) is 227 cm³/mol. The van der Waals surface area contributed by atoms with Crippen molar-refractivity contribution in [1.29, 1.82) is 0 Å². The average molecular weight is 687 g/mol. The summed E-state index contributed by atoms with van der Waals surface area (Å²) in [4.78, 5) is 4.77. The fraction of sp³-hybridized carbons (Fsp3) is 0.120. The van der Waals surface area contributed by atoms with Crippen molar-refractivity contribution in [1.82, 2.24) is 0 Å². The molecule has 3 heteroatoms. The average Bonchev–Trinajstić information content (AvgIpc) is 3.54. The fourth-order valence-corrected chi connectivity index (χ4v) is 8.73. The number of furan rings is 1. The van der Waals surface area contributed by atoms with Crippen LogP contribution in [0, 0.1) is 41.5 Å². The van der Waals surface area contributed by atoms with Gasteiger partial charge in [-0.25, -0.2) is 0 Å². The predicted octanol–water partition coefficient (Wildman–Crippen LogP) is 14.7. The summed E-state index contributed by atoms with van der Waals surface area (Å²) in [5.41, 5.74) is 16.1. The van der Waals surface area contributed by atoms with Crippen molar-refractivity contribution in [3.63, 3.8) is 0 Å². The van der Waals surface area contributed by atoms with Gasteiger partial charge in [-0.1, -0.05) is 96.1 Å². The van der Waals surface area contributed by atoms with Crippen molar-refractivity contribution >= 4 is 77.6 Å². The first-order valence-corrected chi connectivity index (χ1v) is 18.4. The molecule has 0 radical (unpaired) electrons. The number of anilines is 6. The quantitative estimate of drug-likeness (QED) is 0.162. The van der Waals surface area contributed by atoms with Gasteiger partial charge >= 0.3 is 0 Å². The number of hydrogen-bond donors (Lipinski definition) is 0. The summed E-state index contributed by atoms with van der Waals surface area (Å²) >= 11 is 0. The lowest BCUT2D eigenvalue weighted by Crippen LogP contribution is -2.13. The van der Waals surface area contributed by atoms with Crippen molar-refractivity contribution in [3.8, 4) is 0 Å². The molecule has 0 atom stereocenters. The first kappa shape index (κ1) is 32.6. The topological polar surface area (TPSA) is 19.6 Å². The Morgan fingerprint density at radius 1 is 0.358 bits per heavy atom. The molecule has 1 heterocycles. The molecule has 9 aromatic rings. The summed E-state index contributed by atoms with van der Waals surface area (Å²) in [5, 5.41) is 6.96. The summed E-state index contributed by atoms with van der Waals surface area (Å²) in [6.45, 7) is 13.2. The van der Waals surface area contributed by atoms with E-state index in [1.54, 1.807) is 0 Å². The smallest absolute Gasteiger partial charge is 0.143 e. The Hall–Kier alpha value is -6.32. The van der Waals surface area contributed by atoms with Gasteiger partial charge in [-0.05, 0) is 135 Å². The van der Waals surface area contributed by atoms with E-state index in [9.17, 15) is 0 Å². The second-order valence-electron chi connectivity index (χ2n) is 14.6. The standard InChI is InChI=1S/C50H42N2O/c1-31-25-33(3)48(34(4)26-31)51(37-15-9-7-10-16-37)39-21-23-43-45(29-39)41-19-13-14-20-42(41)47-44-24-22-40(30-46(44)53-50(43)47)52(38-17-11-8-12-18-38)49-35(5)27-32(2)28-36(49)6/h7-30H,1-6H3. The van der Waals surface area contributed by atoms with Gasteiger partial charge in [-0.3, -0.25) is 0 Å². The minimum absolute atomic E-state index is 0.874. The lowest BCUT2D eigenvalue weighted by atomic mass is 9.95. The van der Waals surface area contributed by atoms with E-state index in [0.29, 0.717) is 0 Å².